The minimum absolute atomic E-state index is 0.0398. The van der Waals surface area contributed by atoms with Crippen LogP contribution in [0.25, 0.3) is 0 Å². The van der Waals surface area contributed by atoms with Gasteiger partial charge in [0.05, 0.1) is 6.67 Å². The summed E-state index contributed by atoms with van der Waals surface area (Å²) >= 11 is 0. The minimum Gasteiger partial charge on any atom is -0.376 e. The fourth-order valence-electron chi connectivity index (χ4n) is 3.50. The first-order chi connectivity index (χ1) is 10.6. The number of aliphatic hydroxyl groups is 1. The number of hydrogen-bond acceptors (Lipinski definition) is 4. The average Bonchev–Trinajstić information content (AvgIpc) is 2.81. The Bertz CT molecular complexity index is 567. The molecule has 6 heteroatoms. The van der Waals surface area contributed by atoms with Crippen molar-refractivity contribution < 1.29 is 14.7 Å². The van der Waals surface area contributed by atoms with E-state index in [0.29, 0.717) is 32.6 Å². The normalized spacial score (nSPS) is 20.8. The fourth-order valence-corrected chi connectivity index (χ4v) is 3.50. The first-order valence-electron chi connectivity index (χ1n) is 7.57. The predicted octanol–water partition coefficient (Wildman–Crippen LogP) is 0.624. The number of carbonyl (C=O) groups excluding carboxylic acids is 2. The van der Waals surface area contributed by atoms with Gasteiger partial charge in [-0.05, 0) is 25.0 Å². The first-order valence-corrected chi connectivity index (χ1v) is 7.57. The van der Waals surface area contributed by atoms with Gasteiger partial charge in [0.1, 0.15) is 12.3 Å². The number of piperidine rings is 1. The first kappa shape index (κ1) is 14.8. The molecular formula is C16H21N3O3. The molecule has 0 atom stereocenters. The second kappa shape index (κ2) is 5.61. The van der Waals surface area contributed by atoms with Crippen molar-refractivity contribution in [3.8, 4) is 0 Å². The maximum absolute atomic E-state index is 12.8. The highest BCUT2D eigenvalue weighted by Crippen LogP contribution is 2.39. The Morgan fingerprint density at radius 1 is 1.23 bits per heavy atom. The summed E-state index contributed by atoms with van der Waals surface area (Å²) in [6, 6.07) is 9.79. The van der Waals surface area contributed by atoms with E-state index in [1.54, 1.807) is 11.8 Å². The van der Waals surface area contributed by atoms with Crippen LogP contribution in [0.2, 0.25) is 0 Å². The van der Waals surface area contributed by atoms with Crippen LogP contribution in [0.5, 0.6) is 0 Å². The molecule has 0 unspecified atom stereocenters. The lowest BCUT2D eigenvalue weighted by molar-refractivity contribution is -0.139. The molecule has 3 rings (SSSR count). The number of anilines is 1. The summed E-state index contributed by atoms with van der Waals surface area (Å²) in [5.74, 6) is 0.00706. The largest absolute Gasteiger partial charge is 0.376 e. The van der Waals surface area contributed by atoms with Gasteiger partial charge in [0, 0.05) is 25.7 Å². The molecule has 118 valence electrons. The molecule has 1 aromatic carbocycles. The quantitative estimate of drug-likeness (QED) is 0.870. The summed E-state index contributed by atoms with van der Waals surface area (Å²) in [5.41, 5.74) is 0.332. The number of nitrogens with zero attached hydrogens (tertiary/aromatic N) is 3. The number of hydrogen-bond donors (Lipinski definition) is 1. The van der Waals surface area contributed by atoms with Crippen LogP contribution in [0.3, 0.4) is 0 Å². The van der Waals surface area contributed by atoms with E-state index < -0.39 is 5.54 Å². The zero-order chi connectivity index (χ0) is 15.7. The van der Waals surface area contributed by atoms with Crippen molar-refractivity contribution >= 4 is 17.5 Å². The third kappa shape index (κ3) is 2.23. The van der Waals surface area contributed by atoms with Crippen molar-refractivity contribution in [2.75, 3.05) is 31.4 Å². The van der Waals surface area contributed by atoms with Gasteiger partial charge in [-0.15, -0.1) is 0 Å². The molecule has 2 fully saturated rings. The van der Waals surface area contributed by atoms with Crippen molar-refractivity contribution in [2.24, 2.45) is 0 Å². The Morgan fingerprint density at radius 2 is 1.86 bits per heavy atom. The summed E-state index contributed by atoms with van der Waals surface area (Å²) in [6.07, 6.45) is 1.19. The molecule has 0 bridgehead atoms. The van der Waals surface area contributed by atoms with E-state index in [1.165, 1.54) is 4.90 Å². The van der Waals surface area contributed by atoms with Gasteiger partial charge in [0.2, 0.25) is 5.91 Å². The van der Waals surface area contributed by atoms with Crippen molar-refractivity contribution in [3.63, 3.8) is 0 Å². The van der Waals surface area contributed by atoms with Crippen LogP contribution >= 0.6 is 0 Å². The van der Waals surface area contributed by atoms with Gasteiger partial charge >= 0.3 is 0 Å². The lowest BCUT2D eigenvalue weighted by Crippen LogP contribution is -2.57. The van der Waals surface area contributed by atoms with Gasteiger partial charge in [-0.25, -0.2) is 0 Å². The number of benzene rings is 1. The Hall–Kier alpha value is -2.08. The maximum Gasteiger partial charge on any atom is 0.251 e. The van der Waals surface area contributed by atoms with Crippen LogP contribution in [0.1, 0.15) is 19.8 Å². The molecule has 2 saturated heterocycles. The van der Waals surface area contributed by atoms with Crippen LogP contribution < -0.4 is 4.90 Å². The van der Waals surface area contributed by atoms with E-state index in [0.717, 1.165) is 5.69 Å². The molecule has 2 aliphatic heterocycles. The van der Waals surface area contributed by atoms with E-state index in [-0.39, 0.29) is 18.5 Å². The molecule has 2 aliphatic rings. The summed E-state index contributed by atoms with van der Waals surface area (Å²) in [6.45, 7) is 2.82. The van der Waals surface area contributed by atoms with Crippen LogP contribution in [0.15, 0.2) is 30.3 Å². The SMILES string of the molecule is CC(=O)N1CCC2(CC1)C(=O)N(CO)CN2c1ccccc1. The Kier molecular flexibility index (Phi) is 3.78. The van der Waals surface area contributed by atoms with Crippen LogP contribution in [-0.2, 0) is 9.59 Å². The topological polar surface area (TPSA) is 64.1 Å². The highest BCUT2D eigenvalue weighted by atomic mass is 16.3. The number of carbonyl (C=O) groups is 2. The van der Waals surface area contributed by atoms with Gasteiger partial charge in [-0.1, -0.05) is 18.2 Å². The number of aliphatic hydroxyl groups excluding tert-OH is 1. The average molecular weight is 303 g/mol. The molecule has 1 spiro atoms. The smallest absolute Gasteiger partial charge is 0.251 e. The summed E-state index contributed by atoms with van der Waals surface area (Å²) in [4.78, 5) is 29.6. The molecule has 1 N–H and O–H groups in total. The molecule has 22 heavy (non-hydrogen) atoms. The Balaban J connectivity index is 1.92. The number of amides is 2. The van der Waals surface area contributed by atoms with Crippen LogP contribution in [0.4, 0.5) is 5.69 Å². The third-order valence-electron chi connectivity index (χ3n) is 4.79. The van der Waals surface area contributed by atoms with Crippen molar-refractivity contribution in [2.45, 2.75) is 25.3 Å². The van der Waals surface area contributed by atoms with E-state index in [2.05, 4.69) is 4.90 Å². The number of para-hydroxylation sites is 1. The highest BCUT2D eigenvalue weighted by Gasteiger charge is 2.53. The molecule has 1 aromatic rings. The van der Waals surface area contributed by atoms with E-state index >= 15 is 0 Å². The standard InChI is InChI=1S/C16H21N3O3/c1-13(21)17-9-7-16(8-10-17)15(22)18(12-20)11-19(16)14-5-3-2-4-6-14/h2-6,20H,7-12H2,1H3. The van der Waals surface area contributed by atoms with E-state index in [1.807, 2.05) is 30.3 Å². The summed E-state index contributed by atoms with van der Waals surface area (Å²) < 4.78 is 0. The zero-order valence-corrected chi connectivity index (χ0v) is 12.7. The molecule has 2 heterocycles. The van der Waals surface area contributed by atoms with Crippen molar-refractivity contribution in [1.82, 2.24) is 9.80 Å². The van der Waals surface area contributed by atoms with Gasteiger partial charge in [0.25, 0.3) is 5.91 Å². The zero-order valence-electron chi connectivity index (χ0n) is 12.7. The molecule has 6 nitrogen and oxygen atoms in total. The second-order valence-electron chi connectivity index (χ2n) is 5.93. The van der Waals surface area contributed by atoms with Crippen LogP contribution in [-0.4, -0.2) is 58.7 Å². The van der Waals surface area contributed by atoms with E-state index in [4.69, 9.17) is 0 Å². The van der Waals surface area contributed by atoms with Crippen molar-refractivity contribution in [3.05, 3.63) is 30.3 Å². The van der Waals surface area contributed by atoms with Gasteiger partial charge in [-0.2, -0.15) is 0 Å². The summed E-state index contributed by atoms with van der Waals surface area (Å²) in [5, 5.41) is 9.47. The molecule has 0 aromatic heterocycles. The highest BCUT2D eigenvalue weighted by molar-refractivity contribution is 5.93. The van der Waals surface area contributed by atoms with Gasteiger partial charge in [-0.3, -0.25) is 14.5 Å². The molecule has 0 radical (unpaired) electrons. The number of rotatable bonds is 2. The van der Waals surface area contributed by atoms with Gasteiger partial charge < -0.3 is 14.9 Å². The Labute approximate surface area is 129 Å². The van der Waals surface area contributed by atoms with E-state index in [9.17, 15) is 14.7 Å². The second-order valence-corrected chi connectivity index (χ2v) is 5.93. The van der Waals surface area contributed by atoms with Crippen LogP contribution in [0, 0.1) is 0 Å². The lowest BCUT2D eigenvalue weighted by Gasteiger charge is -2.43. The molecule has 0 aliphatic carbocycles. The maximum atomic E-state index is 12.8. The molecule has 0 saturated carbocycles. The fraction of sp³-hybridized carbons (Fsp3) is 0.500. The minimum atomic E-state index is -0.643. The number of likely N-dealkylation sites (tertiary alicyclic amines) is 1. The monoisotopic (exact) mass is 303 g/mol. The van der Waals surface area contributed by atoms with Crippen molar-refractivity contribution in [1.29, 1.82) is 0 Å². The lowest BCUT2D eigenvalue weighted by atomic mass is 9.85. The molecule has 2 amide bonds. The summed E-state index contributed by atoms with van der Waals surface area (Å²) in [7, 11) is 0. The predicted molar refractivity (Wildman–Crippen MR) is 81.9 cm³/mol. The Morgan fingerprint density at radius 3 is 2.41 bits per heavy atom. The van der Waals surface area contributed by atoms with Gasteiger partial charge in [0.15, 0.2) is 0 Å². The molecular weight excluding hydrogens is 282 g/mol. The third-order valence-corrected chi connectivity index (χ3v) is 4.79.